The highest BCUT2D eigenvalue weighted by atomic mass is 35.5. The maximum absolute atomic E-state index is 12.7. The number of nitrogens with zero attached hydrogens (tertiary/aromatic N) is 2. The smallest absolute Gasteiger partial charge is 0.244 e. The average molecular weight is 378 g/mol. The Morgan fingerprint density at radius 3 is 2.48 bits per heavy atom. The second-order valence-corrected chi connectivity index (χ2v) is 8.65. The minimum absolute atomic E-state index is 0.129. The normalized spacial score (nSPS) is 12.0. The summed E-state index contributed by atoms with van der Waals surface area (Å²) >= 11 is 5.93. The van der Waals surface area contributed by atoms with Crippen molar-refractivity contribution in [2.75, 3.05) is 5.73 Å². The van der Waals surface area contributed by atoms with Crippen LogP contribution in [0.1, 0.15) is 29.8 Å². The van der Waals surface area contributed by atoms with Crippen LogP contribution in [0.3, 0.4) is 0 Å². The number of ketones is 1. The highest BCUT2D eigenvalue weighted by Crippen LogP contribution is 2.25. The summed E-state index contributed by atoms with van der Waals surface area (Å²) in [6.45, 7) is 3.11. The summed E-state index contributed by atoms with van der Waals surface area (Å²) in [5.74, 6) is -0.395. The molecule has 130 valence electrons. The molecule has 0 amide bonds. The first-order valence-electron chi connectivity index (χ1n) is 7.54. The Morgan fingerprint density at radius 2 is 1.84 bits per heavy atom. The number of carbonyl (C=O) groups is 1. The van der Waals surface area contributed by atoms with Gasteiger partial charge in [-0.25, -0.2) is 17.4 Å². The zero-order chi connectivity index (χ0) is 18.4. The van der Waals surface area contributed by atoms with E-state index in [0.29, 0.717) is 21.7 Å². The topological polar surface area (TPSA) is 95.1 Å². The van der Waals surface area contributed by atoms with Gasteiger partial charge < -0.3 is 5.73 Å². The lowest BCUT2D eigenvalue weighted by Crippen LogP contribution is -2.23. The van der Waals surface area contributed by atoms with Crippen LogP contribution in [-0.4, -0.2) is 28.4 Å². The van der Waals surface area contributed by atoms with Crippen LogP contribution >= 0.6 is 11.6 Å². The fourth-order valence-electron chi connectivity index (χ4n) is 2.49. The molecule has 2 aromatic carbocycles. The van der Waals surface area contributed by atoms with E-state index in [1.807, 2.05) is 0 Å². The van der Waals surface area contributed by atoms with Crippen molar-refractivity contribution in [3.63, 3.8) is 0 Å². The van der Waals surface area contributed by atoms with Crippen LogP contribution in [0.2, 0.25) is 5.02 Å². The lowest BCUT2D eigenvalue weighted by Gasteiger charge is -2.11. The molecule has 6 nitrogen and oxygen atoms in total. The van der Waals surface area contributed by atoms with Crippen molar-refractivity contribution in [3.05, 3.63) is 58.6 Å². The van der Waals surface area contributed by atoms with Crippen LogP contribution in [0, 0.1) is 0 Å². The number of benzene rings is 2. The van der Waals surface area contributed by atoms with Gasteiger partial charge in [0.05, 0.1) is 16.3 Å². The van der Waals surface area contributed by atoms with Crippen molar-refractivity contribution in [1.29, 1.82) is 0 Å². The number of rotatable bonds is 4. The molecule has 1 heterocycles. The Hall–Kier alpha value is -2.38. The minimum atomic E-state index is -3.71. The third-order valence-corrected chi connectivity index (χ3v) is 6.16. The third kappa shape index (κ3) is 3.01. The lowest BCUT2D eigenvalue weighted by atomic mass is 10.0. The van der Waals surface area contributed by atoms with E-state index >= 15 is 0 Å². The highest BCUT2D eigenvalue weighted by Gasteiger charge is 2.25. The lowest BCUT2D eigenvalue weighted by molar-refractivity contribution is 0.103. The Kier molecular flexibility index (Phi) is 4.30. The molecule has 25 heavy (non-hydrogen) atoms. The maximum atomic E-state index is 12.7. The van der Waals surface area contributed by atoms with E-state index in [2.05, 4.69) is 4.98 Å². The number of nitrogens with two attached hydrogens (primary N) is 1. The summed E-state index contributed by atoms with van der Waals surface area (Å²) in [6, 6.07) is 11.2. The van der Waals surface area contributed by atoms with Gasteiger partial charge in [-0.15, -0.1) is 0 Å². The zero-order valence-corrected chi connectivity index (χ0v) is 15.2. The van der Waals surface area contributed by atoms with Crippen LogP contribution in [0.15, 0.2) is 42.5 Å². The first-order chi connectivity index (χ1) is 11.7. The van der Waals surface area contributed by atoms with Gasteiger partial charge in [-0.1, -0.05) is 23.7 Å². The second-order valence-electron chi connectivity index (χ2n) is 5.87. The average Bonchev–Trinajstić information content (AvgIpc) is 2.89. The molecule has 0 unspecified atom stereocenters. The van der Waals surface area contributed by atoms with Crippen LogP contribution in [0.5, 0.6) is 0 Å². The number of halogens is 1. The molecule has 1 aromatic heterocycles. The Morgan fingerprint density at radius 1 is 1.16 bits per heavy atom. The summed E-state index contributed by atoms with van der Waals surface area (Å²) in [6.07, 6.45) is 0. The number of hydrogen-bond acceptors (Lipinski definition) is 5. The number of imidazole rings is 1. The third-order valence-electron chi connectivity index (χ3n) is 3.84. The van der Waals surface area contributed by atoms with Gasteiger partial charge in [0.15, 0.2) is 5.78 Å². The molecule has 0 radical (unpaired) electrons. The standard InChI is InChI=1S/C17H16ClN3O3S/c1-10(2)25(23,24)21-15-9-12(6-7-14(15)20-17(21)19)16(22)11-4-3-5-13(18)8-11/h3-10H,1-2H3,(H2,19,20). The van der Waals surface area contributed by atoms with E-state index in [4.69, 9.17) is 17.3 Å². The molecule has 0 bridgehead atoms. The fourth-order valence-corrected chi connectivity index (χ4v) is 3.82. The number of anilines is 1. The van der Waals surface area contributed by atoms with Crippen molar-refractivity contribution in [3.8, 4) is 0 Å². The Balaban J connectivity index is 2.19. The maximum Gasteiger partial charge on any atom is 0.244 e. The summed E-state index contributed by atoms with van der Waals surface area (Å²) in [4.78, 5) is 16.8. The monoisotopic (exact) mass is 377 g/mol. The van der Waals surface area contributed by atoms with Gasteiger partial charge >= 0.3 is 0 Å². The summed E-state index contributed by atoms with van der Waals surface area (Å²) in [7, 11) is -3.71. The molecular formula is C17H16ClN3O3S. The molecule has 0 saturated heterocycles. The number of nitrogen functional groups attached to an aromatic ring is 1. The second kappa shape index (κ2) is 6.16. The van der Waals surface area contributed by atoms with Gasteiger partial charge in [-0.3, -0.25) is 4.79 Å². The predicted octanol–water partition coefficient (Wildman–Crippen LogP) is 3.09. The molecule has 2 N–H and O–H groups in total. The Labute approximate surface area is 150 Å². The van der Waals surface area contributed by atoms with E-state index in [1.165, 1.54) is 6.07 Å². The molecule has 0 aliphatic carbocycles. The van der Waals surface area contributed by atoms with Gasteiger partial charge in [0.25, 0.3) is 0 Å². The van der Waals surface area contributed by atoms with E-state index < -0.39 is 15.3 Å². The summed E-state index contributed by atoms with van der Waals surface area (Å²) < 4.78 is 26.1. The highest BCUT2D eigenvalue weighted by molar-refractivity contribution is 7.90. The number of aromatic nitrogens is 2. The predicted molar refractivity (Wildman–Crippen MR) is 98.5 cm³/mol. The van der Waals surface area contributed by atoms with E-state index in [1.54, 1.807) is 50.2 Å². The van der Waals surface area contributed by atoms with Crippen molar-refractivity contribution in [2.24, 2.45) is 0 Å². The SMILES string of the molecule is CC(C)S(=O)(=O)n1c(N)nc2ccc(C(=O)c3cccc(Cl)c3)cc21. The molecule has 8 heteroatoms. The van der Waals surface area contributed by atoms with Crippen LogP contribution in [-0.2, 0) is 10.0 Å². The molecule has 0 fully saturated rings. The van der Waals surface area contributed by atoms with Gasteiger partial charge in [0.2, 0.25) is 16.0 Å². The van der Waals surface area contributed by atoms with Crippen LogP contribution in [0.4, 0.5) is 5.95 Å². The first kappa shape index (κ1) is 17.4. The molecule has 0 atom stereocenters. The van der Waals surface area contributed by atoms with Gasteiger partial charge in [0, 0.05) is 16.1 Å². The molecular weight excluding hydrogens is 362 g/mol. The molecule has 0 saturated carbocycles. The van der Waals surface area contributed by atoms with E-state index in [0.717, 1.165) is 3.97 Å². The van der Waals surface area contributed by atoms with Gasteiger partial charge in [-0.05, 0) is 44.2 Å². The zero-order valence-electron chi connectivity index (χ0n) is 13.6. The Bertz CT molecular complexity index is 1090. The van der Waals surface area contributed by atoms with Crippen molar-refractivity contribution >= 4 is 44.4 Å². The summed E-state index contributed by atoms with van der Waals surface area (Å²) in [5, 5.41) is -0.233. The number of hydrogen-bond donors (Lipinski definition) is 1. The van der Waals surface area contributed by atoms with E-state index in [-0.39, 0.29) is 17.2 Å². The minimum Gasteiger partial charge on any atom is -0.368 e. The number of fused-ring (bicyclic) bond motifs is 1. The van der Waals surface area contributed by atoms with Crippen molar-refractivity contribution in [1.82, 2.24) is 8.96 Å². The molecule has 0 spiro atoms. The van der Waals surface area contributed by atoms with Crippen LogP contribution < -0.4 is 5.73 Å². The molecule has 3 aromatic rings. The molecule has 3 rings (SSSR count). The summed E-state index contributed by atoms with van der Waals surface area (Å²) in [5.41, 5.74) is 7.23. The fraction of sp³-hybridized carbons (Fsp3) is 0.176. The van der Waals surface area contributed by atoms with Gasteiger partial charge in [0.1, 0.15) is 0 Å². The van der Waals surface area contributed by atoms with Crippen molar-refractivity contribution in [2.45, 2.75) is 19.1 Å². The van der Waals surface area contributed by atoms with E-state index in [9.17, 15) is 13.2 Å². The van der Waals surface area contributed by atoms with Crippen molar-refractivity contribution < 1.29 is 13.2 Å². The van der Waals surface area contributed by atoms with Gasteiger partial charge in [-0.2, -0.15) is 0 Å². The first-order valence-corrected chi connectivity index (χ1v) is 9.42. The molecule has 0 aliphatic rings. The molecule has 0 aliphatic heterocycles. The van der Waals surface area contributed by atoms with Crippen LogP contribution in [0.25, 0.3) is 11.0 Å². The quantitative estimate of drug-likeness (QED) is 0.705. The number of carbonyl (C=O) groups excluding carboxylic acids is 1. The largest absolute Gasteiger partial charge is 0.368 e.